The van der Waals surface area contributed by atoms with Crippen molar-refractivity contribution < 1.29 is 28.6 Å². The first-order valence-corrected chi connectivity index (χ1v) is 30.5. The number of esters is 3. The van der Waals surface area contributed by atoms with Gasteiger partial charge in [-0.2, -0.15) is 0 Å². The molecular formula is C68H112O6. The van der Waals surface area contributed by atoms with E-state index in [9.17, 15) is 14.4 Å². The van der Waals surface area contributed by atoms with E-state index in [-0.39, 0.29) is 31.1 Å². The normalized spacial score (nSPS) is 13.0. The Hall–Kier alpha value is -4.19. The lowest BCUT2D eigenvalue weighted by Crippen LogP contribution is -2.30. The van der Waals surface area contributed by atoms with Gasteiger partial charge in [0, 0.05) is 19.3 Å². The molecule has 6 nitrogen and oxygen atoms in total. The Labute approximate surface area is 456 Å². The van der Waals surface area contributed by atoms with Gasteiger partial charge in [0.1, 0.15) is 13.2 Å². The van der Waals surface area contributed by atoms with E-state index in [0.29, 0.717) is 19.3 Å². The Morgan fingerprint density at radius 1 is 0.284 bits per heavy atom. The van der Waals surface area contributed by atoms with Gasteiger partial charge < -0.3 is 14.2 Å². The molecule has 0 aliphatic heterocycles. The second-order valence-corrected chi connectivity index (χ2v) is 19.9. The number of hydrogen-bond acceptors (Lipinski definition) is 6. The molecule has 0 bridgehead atoms. The first-order valence-electron chi connectivity index (χ1n) is 30.5. The molecule has 74 heavy (non-hydrogen) atoms. The van der Waals surface area contributed by atoms with Crippen LogP contribution in [0.3, 0.4) is 0 Å². The minimum Gasteiger partial charge on any atom is -0.462 e. The lowest BCUT2D eigenvalue weighted by atomic mass is 10.0. The van der Waals surface area contributed by atoms with Crippen LogP contribution in [0.4, 0.5) is 0 Å². The summed E-state index contributed by atoms with van der Waals surface area (Å²) < 4.78 is 16.8. The average molecular weight is 1030 g/mol. The molecule has 0 aliphatic rings. The van der Waals surface area contributed by atoms with Crippen LogP contribution in [0.15, 0.2) is 122 Å². The SMILES string of the molecule is CC/C=C\C/C=C\C/C=C\C/C=C\C/C=C\C/C=C\C/C=C\C/C=C\C/C=C\CCCCCC(=O)OCC(COC(=O)CCCCCCC/C=C\CCCC)OC(=O)CCCCCCCCCCCCCCCC. The molecule has 1 unspecified atom stereocenters. The summed E-state index contributed by atoms with van der Waals surface area (Å²) in [7, 11) is 0. The molecule has 0 aromatic heterocycles. The van der Waals surface area contributed by atoms with Crippen LogP contribution in [-0.4, -0.2) is 37.2 Å². The number of rotatable bonds is 54. The fraction of sp³-hybridized carbons (Fsp3) is 0.662. The number of unbranched alkanes of at least 4 members (excludes halogenated alkanes) is 23. The van der Waals surface area contributed by atoms with Crippen molar-refractivity contribution >= 4 is 17.9 Å². The summed E-state index contributed by atoms with van der Waals surface area (Å²) in [5, 5.41) is 0. The highest BCUT2D eigenvalue weighted by molar-refractivity contribution is 5.71. The van der Waals surface area contributed by atoms with Crippen LogP contribution in [0, 0.1) is 0 Å². The first kappa shape index (κ1) is 69.8. The molecule has 0 saturated carbocycles. The number of carbonyl (C=O) groups is 3. The Bertz CT molecular complexity index is 1550. The van der Waals surface area contributed by atoms with E-state index in [0.717, 1.165) is 135 Å². The zero-order chi connectivity index (χ0) is 53.6. The lowest BCUT2D eigenvalue weighted by molar-refractivity contribution is -0.167. The molecule has 0 radical (unpaired) electrons. The molecule has 0 aromatic rings. The van der Waals surface area contributed by atoms with Crippen molar-refractivity contribution in [2.24, 2.45) is 0 Å². The van der Waals surface area contributed by atoms with Gasteiger partial charge in [0.2, 0.25) is 0 Å². The molecule has 420 valence electrons. The van der Waals surface area contributed by atoms with E-state index >= 15 is 0 Å². The fourth-order valence-electron chi connectivity index (χ4n) is 8.12. The molecule has 1 atom stereocenters. The summed E-state index contributed by atoms with van der Waals surface area (Å²) in [5.41, 5.74) is 0. The second-order valence-electron chi connectivity index (χ2n) is 19.9. The molecule has 0 heterocycles. The lowest BCUT2D eigenvalue weighted by Gasteiger charge is -2.18. The van der Waals surface area contributed by atoms with Gasteiger partial charge in [-0.15, -0.1) is 0 Å². The predicted octanol–water partition coefficient (Wildman–Crippen LogP) is 20.8. The third-order valence-electron chi connectivity index (χ3n) is 12.7. The van der Waals surface area contributed by atoms with Crippen LogP contribution >= 0.6 is 0 Å². The van der Waals surface area contributed by atoms with Gasteiger partial charge in [0.15, 0.2) is 6.10 Å². The minimum atomic E-state index is -0.795. The van der Waals surface area contributed by atoms with Crippen molar-refractivity contribution in [3.8, 4) is 0 Å². The zero-order valence-corrected chi connectivity index (χ0v) is 48.1. The van der Waals surface area contributed by atoms with Crippen molar-refractivity contribution in [3.05, 3.63) is 122 Å². The number of hydrogen-bond donors (Lipinski definition) is 0. The Morgan fingerprint density at radius 3 is 0.892 bits per heavy atom. The van der Waals surface area contributed by atoms with Crippen LogP contribution in [0.1, 0.15) is 271 Å². The van der Waals surface area contributed by atoms with Gasteiger partial charge in [-0.25, -0.2) is 0 Å². The van der Waals surface area contributed by atoms with Gasteiger partial charge in [-0.3, -0.25) is 14.4 Å². The second kappa shape index (κ2) is 61.4. The summed E-state index contributed by atoms with van der Waals surface area (Å²) in [5.74, 6) is -0.934. The van der Waals surface area contributed by atoms with Crippen molar-refractivity contribution in [2.45, 2.75) is 277 Å². The van der Waals surface area contributed by atoms with E-state index in [1.807, 2.05) is 0 Å². The van der Waals surface area contributed by atoms with Crippen LogP contribution in [0.5, 0.6) is 0 Å². The molecule has 0 spiro atoms. The molecule has 0 amide bonds. The first-order chi connectivity index (χ1) is 36.5. The predicted molar refractivity (Wildman–Crippen MR) is 320 cm³/mol. The Kier molecular flexibility index (Phi) is 57.9. The van der Waals surface area contributed by atoms with Crippen LogP contribution in [-0.2, 0) is 28.6 Å². The minimum absolute atomic E-state index is 0.0930. The van der Waals surface area contributed by atoms with Crippen molar-refractivity contribution in [1.82, 2.24) is 0 Å². The third kappa shape index (κ3) is 58.7. The van der Waals surface area contributed by atoms with E-state index in [1.54, 1.807) is 0 Å². The van der Waals surface area contributed by atoms with Crippen molar-refractivity contribution in [1.29, 1.82) is 0 Å². The van der Waals surface area contributed by atoms with Gasteiger partial charge >= 0.3 is 17.9 Å². The average Bonchev–Trinajstić information content (AvgIpc) is 3.40. The van der Waals surface area contributed by atoms with Crippen LogP contribution < -0.4 is 0 Å². The highest BCUT2D eigenvalue weighted by Crippen LogP contribution is 2.15. The van der Waals surface area contributed by atoms with E-state index < -0.39 is 6.10 Å². The van der Waals surface area contributed by atoms with E-state index in [4.69, 9.17) is 14.2 Å². The van der Waals surface area contributed by atoms with E-state index in [2.05, 4.69) is 142 Å². The number of carbonyl (C=O) groups excluding carboxylic acids is 3. The number of ether oxygens (including phenoxy) is 3. The highest BCUT2D eigenvalue weighted by Gasteiger charge is 2.19. The van der Waals surface area contributed by atoms with Gasteiger partial charge in [0.05, 0.1) is 0 Å². The van der Waals surface area contributed by atoms with E-state index in [1.165, 1.54) is 96.3 Å². The monoisotopic (exact) mass is 1020 g/mol. The molecule has 0 aliphatic carbocycles. The summed E-state index contributed by atoms with van der Waals surface area (Å²) in [6.07, 6.45) is 84.9. The summed E-state index contributed by atoms with van der Waals surface area (Å²) in [6.45, 7) is 6.46. The van der Waals surface area contributed by atoms with Gasteiger partial charge in [-0.05, 0) is 109 Å². The maximum atomic E-state index is 12.8. The molecule has 0 saturated heterocycles. The van der Waals surface area contributed by atoms with Gasteiger partial charge in [-0.1, -0.05) is 264 Å². The quantitative estimate of drug-likeness (QED) is 0.0261. The maximum absolute atomic E-state index is 12.8. The summed E-state index contributed by atoms with van der Waals surface area (Å²) in [6, 6.07) is 0. The summed E-state index contributed by atoms with van der Waals surface area (Å²) >= 11 is 0. The van der Waals surface area contributed by atoms with Crippen molar-refractivity contribution in [2.75, 3.05) is 13.2 Å². The highest BCUT2D eigenvalue weighted by atomic mass is 16.6. The molecule has 0 aromatic carbocycles. The molecule has 6 heteroatoms. The van der Waals surface area contributed by atoms with Gasteiger partial charge in [0.25, 0.3) is 0 Å². The molecule has 0 rings (SSSR count). The molecule has 0 fully saturated rings. The molecular weight excluding hydrogens is 913 g/mol. The summed E-state index contributed by atoms with van der Waals surface area (Å²) in [4.78, 5) is 38.1. The molecule has 0 N–H and O–H groups in total. The van der Waals surface area contributed by atoms with Crippen LogP contribution in [0.25, 0.3) is 0 Å². The Balaban J connectivity index is 4.33. The maximum Gasteiger partial charge on any atom is 0.306 e. The van der Waals surface area contributed by atoms with Crippen LogP contribution in [0.2, 0.25) is 0 Å². The standard InChI is InChI=1S/C68H112O6/c1-4-7-10-13-16-19-22-24-26-27-28-29-30-31-32-33-34-35-36-37-38-39-40-41-42-44-46-49-52-55-58-61-67(70)73-64-65(63-72-66(69)60-57-54-51-48-45-21-18-15-12-9-6-3)74-68(71)62-59-56-53-50-47-43-25-23-20-17-14-11-8-5-2/h7,10,15-16,18-19,24,26,28-29,31-32,34-35,37-38,40-41,44,46,65H,4-6,8-9,11-14,17,20-23,25,27,30,33,36,39,42-43,45,47-64H2,1-3H3/b10-7-,18-15-,19-16-,26-24-,29-28-,32-31-,35-34-,38-37-,41-40-,46-44-. The largest absolute Gasteiger partial charge is 0.462 e. The number of allylic oxidation sites excluding steroid dienone is 20. The topological polar surface area (TPSA) is 78.9 Å². The smallest absolute Gasteiger partial charge is 0.306 e. The third-order valence-corrected chi connectivity index (χ3v) is 12.7. The Morgan fingerprint density at radius 2 is 0.541 bits per heavy atom. The zero-order valence-electron chi connectivity index (χ0n) is 48.1. The fourth-order valence-corrected chi connectivity index (χ4v) is 8.12. The van der Waals surface area contributed by atoms with Crippen molar-refractivity contribution in [3.63, 3.8) is 0 Å².